The molecule has 0 aromatic carbocycles. The maximum absolute atomic E-state index is 12.6. The second-order valence-corrected chi connectivity index (χ2v) is 6.25. The summed E-state index contributed by atoms with van der Waals surface area (Å²) in [6, 6.07) is 3.41. The molecule has 1 saturated heterocycles. The Morgan fingerprint density at radius 3 is 2.83 bits per heavy atom. The van der Waals surface area contributed by atoms with Gasteiger partial charge in [0.1, 0.15) is 11.0 Å². The minimum absolute atomic E-state index is 0.0136. The van der Waals surface area contributed by atoms with Crippen molar-refractivity contribution in [2.45, 2.75) is 32.3 Å². The minimum Gasteiger partial charge on any atom is -0.480 e. The van der Waals surface area contributed by atoms with Crippen molar-refractivity contribution in [2.75, 3.05) is 20.2 Å². The van der Waals surface area contributed by atoms with Gasteiger partial charge in [-0.2, -0.15) is 0 Å². The fourth-order valence-corrected chi connectivity index (χ4v) is 3.25. The maximum atomic E-state index is 12.6. The third kappa shape index (κ3) is 3.61. The highest BCUT2D eigenvalue weighted by atomic mass is 32.1. The van der Waals surface area contributed by atoms with Gasteiger partial charge in [0.15, 0.2) is 0 Å². The molecule has 1 atom stereocenters. The van der Waals surface area contributed by atoms with Crippen LogP contribution in [0.5, 0.6) is 11.8 Å². The van der Waals surface area contributed by atoms with Crippen LogP contribution in [0.25, 0.3) is 0 Å². The molecule has 3 rings (SSSR count). The van der Waals surface area contributed by atoms with Gasteiger partial charge in [-0.05, 0) is 18.0 Å². The van der Waals surface area contributed by atoms with E-state index in [-0.39, 0.29) is 12.0 Å². The number of methoxy groups -OCH3 is 1. The summed E-state index contributed by atoms with van der Waals surface area (Å²) in [5, 5.41) is 11.9. The number of hydrogen-bond acceptors (Lipinski definition) is 8. The van der Waals surface area contributed by atoms with Crippen molar-refractivity contribution in [1.29, 1.82) is 0 Å². The van der Waals surface area contributed by atoms with Crippen molar-refractivity contribution in [3.63, 3.8) is 0 Å². The molecule has 2 aromatic rings. The second-order valence-electron chi connectivity index (χ2n) is 5.49. The maximum Gasteiger partial charge on any atom is 0.267 e. The largest absolute Gasteiger partial charge is 0.480 e. The summed E-state index contributed by atoms with van der Waals surface area (Å²) in [7, 11) is 1.53. The van der Waals surface area contributed by atoms with Crippen LogP contribution in [0.2, 0.25) is 0 Å². The van der Waals surface area contributed by atoms with E-state index in [2.05, 4.69) is 26.7 Å². The molecule has 0 saturated carbocycles. The quantitative estimate of drug-likeness (QED) is 0.782. The van der Waals surface area contributed by atoms with Crippen LogP contribution in [-0.2, 0) is 6.42 Å². The molecular formula is C15H19N5O3S. The smallest absolute Gasteiger partial charge is 0.267 e. The molecule has 0 aliphatic carbocycles. The van der Waals surface area contributed by atoms with Crippen LogP contribution in [0.15, 0.2) is 12.1 Å². The molecule has 3 heterocycles. The van der Waals surface area contributed by atoms with E-state index in [1.807, 2.05) is 0 Å². The first-order valence-electron chi connectivity index (χ1n) is 7.86. The van der Waals surface area contributed by atoms with E-state index >= 15 is 0 Å². The van der Waals surface area contributed by atoms with Gasteiger partial charge in [0.25, 0.3) is 5.91 Å². The molecular weight excluding hydrogens is 330 g/mol. The second kappa shape index (κ2) is 7.52. The van der Waals surface area contributed by atoms with Gasteiger partial charge >= 0.3 is 0 Å². The molecule has 1 amide bonds. The molecule has 0 spiro atoms. The third-order valence-electron chi connectivity index (χ3n) is 3.78. The van der Waals surface area contributed by atoms with E-state index in [4.69, 9.17) is 9.47 Å². The first-order chi connectivity index (χ1) is 11.7. The molecule has 0 bridgehead atoms. The van der Waals surface area contributed by atoms with Crippen LogP contribution in [-0.4, -0.2) is 56.9 Å². The Hall–Kier alpha value is -2.29. The lowest BCUT2D eigenvalue weighted by atomic mass is 10.2. The molecule has 1 fully saturated rings. The van der Waals surface area contributed by atoms with E-state index in [9.17, 15) is 4.79 Å². The number of rotatable bonds is 6. The van der Waals surface area contributed by atoms with Crippen LogP contribution < -0.4 is 9.47 Å². The van der Waals surface area contributed by atoms with Crippen LogP contribution in [0.3, 0.4) is 0 Å². The number of carbonyl (C=O) groups is 1. The number of hydrogen-bond donors (Lipinski definition) is 0. The normalized spacial score (nSPS) is 17.1. The molecule has 24 heavy (non-hydrogen) atoms. The van der Waals surface area contributed by atoms with Crippen molar-refractivity contribution in [3.8, 4) is 11.8 Å². The number of ether oxygens (including phenoxy) is 2. The van der Waals surface area contributed by atoms with Gasteiger partial charge in [0.2, 0.25) is 11.8 Å². The summed E-state index contributed by atoms with van der Waals surface area (Å²) in [5.41, 5.74) is 0.790. The first kappa shape index (κ1) is 16.6. The van der Waals surface area contributed by atoms with Crippen LogP contribution in [0.4, 0.5) is 0 Å². The number of aromatic nitrogens is 4. The zero-order chi connectivity index (χ0) is 16.9. The highest BCUT2D eigenvalue weighted by Gasteiger charge is 2.31. The van der Waals surface area contributed by atoms with Crippen molar-refractivity contribution in [3.05, 3.63) is 22.7 Å². The number of amides is 1. The molecule has 1 aliphatic rings. The lowest BCUT2D eigenvalue weighted by molar-refractivity contribution is 0.0774. The van der Waals surface area contributed by atoms with Crippen LogP contribution >= 0.6 is 11.5 Å². The van der Waals surface area contributed by atoms with E-state index in [1.54, 1.807) is 17.0 Å². The Kier molecular flexibility index (Phi) is 5.19. The summed E-state index contributed by atoms with van der Waals surface area (Å²) in [5.74, 6) is 0.855. The molecule has 0 radical (unpaired) electrons. The van der Waals surface area contributed by atoms with E-state index < -0.39 is 0 Å². The Morgan fingerprint density at radius 2 is 2.12 bits per heavy atom. The van der Waals surface area contributed by atoms with Gasteiger partial charge in [0.05, 0.1) is 19.3 Å². The highest BCUT2D eigenvalue weighted by molar-refractivity contribution is 7.08. The number of aryl methyl sites for hydroxylation is 1. The molecule has 1 aliphatic heterocycles. The van der Waals surface area contributed by atoms with Crippen LogP contribution in [0.1, 0.15) is 35.1 Å². The summed E-state index contributed by atoms with van der Waals surface area (Å²) in [4.78, 5) is 15.1. The zero-order valence-electron chi connectivity index (χ0n) is 13.6. The summed E-state index contributed by atoms with van der Waals surface area (Å²) >= 11 is 1.16. The fraction of sp³-hybridized carbons (Fsp3) is 0.533. The van der Waals surface area contributed by atoms with Gasteiger partial charge in [0, 0.05) is 25.1 Å². The van der Waals surface area contributed by atoms with E-state index in [0.717, 1.165) is 36.5 Å². The topological polar surface area (TPSA) is 90.3 Å². The van der Waals surface area contributed by atoms with Crippen molar-refractivity contribution < 1.29 is 14.3 Å². The molecule has 0 N–H and O–H groups in total. The minimum atomic E-state index is -0.0906. The third-order valence-corrected chi connectivity index (χ3v) is 4.54. The highest BCUT2D eigenvalue weighted by Crippen LogP contribution is 2.21. The average Bonchev–Trinajstić information content (AvgIpc) is 3.25. The van der Waals surface area contributed by atoms with Gasteiger partial charge in [-0.15, -0.1) is 15.3 Å². The lowest BCUT2D eigenvalue weighted by Crippen LogP contribution is -2.31. The van der Waals surface area contributed by atoms with Gasteiger partial charge in [-0.25, -0.2) is 0 Å². The Labute approximate surface area is 144 Å². The number of nitrogens with zero attached hydrogens (tertiary/aromatic N) is 5. The Bertz CT molecular complexity index is 691. The monoisotopic (exact) mass is 349 g/mol. The standard InChI is InChI=1S/C15H19N5O3S/c1-3-4-11-14(24-19-16-11)15(21)20-8-7-10(9-20)23-13-6-5-12(22-2)17-18-13/h5-6,10H,3-4,7-9H2,1-2H3/t10-/m1/s1. The van der Waals surface area contributed by atoms with Gasteiger partial charge < -0.3 is 14.4 Å². The molecule has 128 valence electrons. The predicted molar refractivity (Wildman–Crippen MR) is 87.4 cm³/mol. The van der Waals surface area contributed by atoms with E-state index in [0.29, 0.717) is 29.7 Å². The SMILES string of the molecule is CCCc1nnsc1C(=O)N1CC[C@@H](Oc2ccc(OC)nn2)C1. The average molecular weight is 349 g/mol. The molecule has 0 unspecified atom stereocenters. The van der Waals surface area contributed by atoms with Crippen LogP contribution in [0, 0.1) is 0 Å². The Morgan fingerprint density at radius 1 is 1.33 bits per heavy atom. The predicted octanol–water partition coefficient (Wildman–Crippen LogP) is 1.58. The van der Waals surface area contributed by atoms with Crippen molar-refractivity contribution >= 4 is 17.4 Å². The lowest BCUT2D eigenvalue weighted by Gasteiger charge is -2.16. The first-order valence-corrected chi connectivity index (χ1v) is 8.63. The van der Waals surface area contributed by atoms with Crippen molar-refractivity contribution in [2.24, 2.45) is 0 Å². The van der Waals surface area contributed by atoms with Crippen molar-refractivity contribution in [1.82, 2.24) is 24.7 Å². The summed E-state index contributed by atoms with van der Waals surface area (Å²) in [6.07, 6.45) is 2.38. The van der Waals surface area contributed by atoms with Gasteiger partial charge in [-0.1, -0.05) is 17.8 Å². The Balaban J connectivity index is 1.60. The van der Waals surface area contributed by atoms with Gasteiger partial charge in [-0.3, -0.25) is 4.79 Å². The molecule has 2 aromatic heterocycles. The fourth-order valence-electron chi connectivity index (χ4n) is 2.57. The van der Waals surface area contributed by atoms with E-state index in [1.165, 1.54) is 7.11 Å². The number of carbonyl (C=O) groups excluding carboxylic acids is 1. The molecule has 8 nitrogen and oxygen atoms in total. The zero-order valence-corrected chi connectivity index (χ0v) is 14.5. The molecule has 9 heteroatoms. The number of likely N-dealkylation sites (tertiary alicyclic amines) is 1. The summed E-state index contributed by atoms with van der Waals surface area (Å²) < 4.78 is 14.7. The summed E-state index contributed by atoms with van der Waals surface area (Å²) in [6.45, 7) is 3.23.